The van der Waals surface area contributed by atoms with Crippen LogP contribution in [-0.2, 0) is 16.0 Å². The largest absolute Gasteiger partial charge is 0.478 e. The molecule has 18 heavy (non-hydrogen) atoms. The number of hydrogen-bond acceptors (Lipinski definition) is 2. The van der Waals surface area contributed by atoms with Gasteiger partial charge in [0.25, 0.3) is 0 Å². The maximum atomic E-state index is 10.9. The molecule has 0 fully saturated rings. The summed E-state index contributed by atoms with van der Waals surface area (Å²) in [4.78, 5) is 21.6. The van der Waals surface area contributed by atoms with Crippen molar-refractivity contribution in [3.8, 4) is 0 Å². The van der Waals surface area contributed by atoms with Crippen LogP contribution in [0.1, 0.15) is 12.5 Å². The van der Waals surface area contributed by atoms with Crippen LogP contribution < -0.4 is 0 Å². The molecule has 0 aliphatic rings. The summed E-state index contributed by atoms with van der Waals surface area (Å²) in [6, 6.07) is 8.91. The van der Waals surface area contributed by atoms with Gasteiger partial charge < -0.3 is 10.2 Å². The van der Waals surface area contributed by atoms with Crippen LogP contribution in [0.15, 0.2) is 41.5 Å². The van der Waals surface area contributed by atoms with Crippen molar-refractivity contribution in [1.29, 1.82) is 0 Å². The normalized spacial score (nSPS) is 10.5. The quantitative estimate of drug-likeness (QED) is 0.628. The van der Waals surface area contributed by atoms with Gasteiger partial charge in [0.15, 0.2) is 0 Å². The van der Waals surface area contributed by atoms with Crippen LogP contribution in [0.5, 0.6) is 0 Å². The van der Waals surface area contributed by atoms with Crippen LogP contribution in [0.2, 0.25) is 0 Å². The summed E-state index contributed by atoms with van der Waals surface area (Å²) < 4.78 is 0. The molecule has 1 aromatic carbocycles. The van der Waals surface area contributed by atoms with E-state index in [1.807, 2.05) is 6.07 Å². The number of carboxylic acid groups (broad SMARTS) is 2. The van der Waals surface area contributed by atoms with Crippen LogP contribution >= 0.6 is 0 Å². The molecule has 0 saturated heterocycles. The minimum Gasteiger partial charge on any atom is -0.478 e. The monoisotopic (exact) mass is 266 g/mol. The molecule has 86 valence electrons. The minimum absolute atomic E-state index is 0. The van der Waals surface area contributed by atoms with E-state index in [4.69, 9.17) is 10.2 Å². The summed E-state index contributed by atoms with van der Waals surface area (Å²) >= 11 is 0. The summed E-state index contributed by atoms with van der Waals surface area (Å²) in [5.41, 5.74) is 0.565. The molecule has 6 heteroatoms. The molecule has 1 rings (SSSR count). The average molecular weight is 266 g/mol. The molecule has 0 spiro atoms. The van der Waals surface area contributed by atoms with Gasteiger partial charge in [-0.15, -0.1) is 0 Å². The van der Waals surface area contributed by atoms with Crippen molar-refractivity contribution >= 4 is 71.1 Å². The summed E-state index contributed by atoms with van der Waals surface area (Å²) in [5.74, 6) is -2.39. The van der Waals surface area contributed by atoms with Crippen LogP contribution in [0, 0.1) is 0 Å². The number of benzene rings is 1. The van der Waals surface area contributed by atoms with Crippen molar-refractivity contribution in [3.05, 3.63) is 47.0 Å². The first-order chi connectivity index (χ1) is 7.52. The first kappa shape index (κ1) is 20.2. The third-order valence-electron chi connectivity index (χ3n) is 2.26. The smallest absolute Gasteiger partial charge is 0.332 e. The van der Waals surface area contributed by atoms with Crippen LogP contribution in [0.3, 0.4) is 0 Å². The first-order valence-electron chi connectivity index (χ1n) is 4.72. The molecule has 1 aromatic rings. The Morgan fingerprint density at radius 2 is 1.50 bits per heavy atom. The van der Waals surface area contributed by atoms with Crippen LogP contribution in [-0.4, -0.2) is 81.3 Å². The molecular formula is C12H12Na2O4. The minimum atomic E-state index is -1.20. The second-order valence-corrected chi connectivity index (χ2v) is 3.38. The number of hydrogen-bond donors (Lipinski definition) is 2. The molecule has 0 amide bonds. The summed E-state index contributed by atoms with van der Waals surface area (Å²) in [5, 5.41) is 17.7. The van der Waals surface area contributed by atoms with Crippen LogP contribution in [0.25, 0.3) is 0 Å². The van der Waals surface area contributed by atoms with E-state index in [0.717, 1.165) is 5.56 Å². The molecule has 0 aliphatic heterocycles. The van der Waals surface area contributed by atoms with E-state index in [1.165, 1.54) is 6.92 Å². The second-order valence-electron chi connectivity index (χ2n) is 3.38. The number of carboxylic acids is 2. The van der Waals surface area contributed by atoms with Gasteiger partial charge in [-0.1, -0.05) is 30.3 Å². The zero-order valence-corrected chi connectivity index (χ0v) is 14.8. The maximum absolute atomic E-state index is 10.9. The molecule has 2 N–H and O–H groups in total. The van der Waals surface area contributed by atoms with E-state index in [2.05, 4.69) is 0 Å². The van der Waals surface area contributed by atoms with E-state index < -0.39 is 11.9 Å². The van der Waals surface area contributed by atoms with E-state index >= 15 is 0 Å². The van der Waals surface area contributed by atoms with Crippen molar-refractivity contribution < 1.29 is 19.8 Å². The van der Waals surface area contributed by atoms with Gasteiger partial charge in [0.1, 0.15) is 0 Å². The van der Waals surface area contributed by atoms with Gasteiger partial charge >= 0.3 is 11.9 Å². The molecule has 0 unspecified atom stereocenters. The first-order valence-corrected chi connectivity index (χ1v) is 4.72. The maximum Gasteiger partial charge on any atom is 0.332 e. The molecule has 0 saturated carbocycles. The van der Waals surface area contributed by atoms with Gasteiger partial charge in [0, 0.05) is 71.1 Å². The van der Waals surface area contributed by atoms with E-state index in [1.54, 1.807) is 24.3 Å². The van der Waals surface area contributed by atoms with Crippen molar-refractivity contribution in [3.63, 3.8) is 0 Å². The summed E-state index contributed by atoms with van der Waals surface area (Å²) in [6.45, 7) is 1.30. The topological polar surface area (TPSA) is 74.6 Å². The van der Waals surface area contributed by atoms with E-state index in [9.17, 15) is 9.59 Å². The SMILES string of the molecule is CC(C(=O)O)=C(Cc1ccccc1)C(=O)O.[Na].[Na]. The zero-order chi connectivity index (χ0) is 12.1. The number of carbonyl (C=O) groups is 2. The van der Waals surface area contributed by atoms with Gasteiger partial charge in [-0.2, -0.15) is 0 Å². The van der Waals surface area contributed by atoms with Gasteiger partial charge in [0.2, 0.25) is 0 Å². The molecule has 0 aliphatic carbocycles. The Bertz CT molecular complexity index is 441. The molecule has 0 atom stereocenters. The number of rotatable bonds is 4. The van der Waals surface area contributed by atoms with Gasteiger partial charge in [-0.3, -0.25) is 0 Å². The average Bonchev–Trinajstić information content (AvgIpc) is 2.26. The van der Waals surface area contributed by atoms with E-state index in [-0.39, 0.29) is 76.7 Å². The molecule has 0 heterocycles. The van der Waals surface area contributed by atoms with Crippen molar-refractivity contribution in [2.45, 2.75) is 13.3 Å². The Morgan fingerprint density at radius 1 is 1.00 bits per heavy atom. The Morgan fingerprint density at radius 3 is 1.89 bits per heavy atom. The fraction of sp³-hybridized carbons (Fsp3) is 0.167. The van der Waals surface area contributed by atoms with E-state index in [0.29, 0.717) is 0 Å². The number of aliphatic carboxylic acids is 2. The third kappa shape index (κ3) is 6.18. The fourth-order valence-corrected chi connectivity index (χ4v) is 1.30. The van der Waals surface area contributed by atoms with Crippen LogP contribution in [0.4, 0.5) is 0 Å². The van der Waals surface area contributed by atoms with Crippen molar-refractivity contribution in [1.82, 2.24) is 0 Å². The Kier molecular flexibility index (Phi) is 11.0. The molecule has 4 nitrogen and oxygen atoms in total. The predicted molar refractivity (Wildman–Crippen MR) is 69.6 cm³/mol. The third-order valence-corrected chi connectivity index (χ3v) is 2.26. The standard InChI is InChI=1S/C12H12O4.2Na/c1-8(11(13)14)10(12(15)16)7-9-5-3-2-4-6-9;;/h2-6H,7H2,1H3,(H,13,14)(H,15,16);;. The van der Waals surface area contributed by atoms with Crippen molar-refractivity contribution in [2.24, 2.45) is 0 Å². The van der Waals surface area contributed by atoms with Gasteiger partial charge in [-0.25, -0.2) is 9.59 Å². The summed E-state index contributed by atoms with van der Waals surface area (Å²) in [7, 11) is 0. The second kappa shape index (κ2) is 9.78. The fourth-order valence-electron chi connectivity index (χ4n) is 1.30. The molecular weight excluding hydrogens is 254 g/mol. The molecule has 2 radical (unpaired) electrons. The summed E-state index contributed by atoms with van der Waals surface area (Å²) in [6.07, 6.45) is 0.119. The Hall–Kier alpha value is -0.1000. The molecule has 0 aromatic heterocycles. The Labute approximate surface area is 150 Å². The van der Waals surface area contributed by atoms with Gasteiger partial charge in [-0.05, 0) is 12.5 Å². The molecule has 0 bridgehead atoms. The Balaban J connectivity index is 0. The van der Waals surface area contributed by atoms with Gasteiger partial charge in [0.05, 0.1) is 5.57 Å². The zero-order valence-electron chi connectivity index (χ0n) is 10.8. The van der Waals surface area contributed by atoms with Crippen molar-refractivity contribution in [2.75, 3.05) is 0 Å². The predicted octanol–water partition coefficient (Wildman–Crippen LogP) is 0.953.